The van der Waals surface area contributed by atoms with Crippen LogP contribution in [0.15, 0.2) is 59.7 Å². The van der Waals surface area contributed by atoms with E-state index in [1.54, 1.807) is 48.0 Å². The molecule has 0 bridgehead atoms. The summed E-state index contributed by atoms with van der Waals surface area (Å²) in [5.41, 5.74) is 6.03. The number of carboxylic acids is 1. The van der Waals surface area contributed by atoms with Gasteiger partial charge in [0.05, 0.1) is 17.3 Å². The van der Waals surface area contributed by atoms with Gasteiger partial charge in [0.25, 0.3) is 5.56 Å². The normalized spacial score (nSPS) is 14.2. The highest BCUT2D eigenvalue weighted by atomic mass is 16.4. The monoisotopic (exact) mass is 454 g/mol. The molecule has 1 aliphatic carbocycles. The van der Waals surface area contributed by atoms with E-state index in [1.807, 2.05) is 32.0 Å². The molecular formula is C27H26N4O3. The van der Waals surface area contributed by atoms with E-state index >= 15 is 0 Å². The fourth-order valence-electron chi connectivity index (χ4n) is 4.40. The minimum absolute atomic E-state index is 0.118. The van der Waals surface area contributed by atoms with Crippen molar-refractivity contribution in [2.75, 3.05) is 5.32 Å². The number of benzene rings is 1. The molecule has 0 saturated heterocycles. The quantitative estimate of drug-likeness (QED) is 0.420. The van der Waals surface area contributed by atoms with E-state index < -0.39 is 5.97 Å². The first-order chi connectivity index (χ1) is 16.3. The second-order valence-electron chi connectivity index (χ2n) is 9.02. The zero-order valence-electron chi connectivity index (χ0n) is 19.4. The largest absolute Gasteiger partial charge is 0.478 e. The van der Waals surface area contributed by atoms with Crippen molar-refractivity contribution in [2.24, 2.45) is 0 Å². The van der Waals surface area contributed by atoms with Gasteiger partial charge in [-0.05, 0) is 69.5 Å². The third-order valence-electron chi connectivity index (χ3n) is 6.36. The molecule has 7 nitrogen and oxygen atoms in total. The van der Waals surface area contributed by atoms with Gasteiger partial charge in [0, 0.05) is 46.4 Å². The molecule has 3 heterocycles. The molecule has 4 aromatic rings. The maximum absolute atomic E-state index is 13.4. The number of pyridine rings is 2. The van der Waals surface area contributed by atoms with E-state index in [0.29, 0.717) is 28.5 Å². The van der Waals surface area contributed by atoms with Crippen LogP contribution in [0.1, 0.15) is 64.5 Å². The number of hydrogen-bond acceptors (Lipinski definition) is 5. The molecule has 1 aromatic carbocycles. The molecule has 0 amide bonds. The Morgan fingerprint density at radius 2 is 1.94 bits per heavy atom. The number of aryl methyl sites for hydroxylation is 1. The van der Waals surface area contributed by atoms with Crippen LogP contribution in [0.4, 0.5) is 5.69 Å². The van der Waals surface area contributed by atoms with Crippen LogP contribution in [0.2, 0.25) is 0 Å². The maximum Gasteiger partial charge on any atom is 0.337 e. The number of hydrogen-bond donors (Lipinski definition) is 2. The maximum atomic E-state index is 13.4. The molecule has 1 saturated carbocycles. The van der Waals surface area contributed by atoms with Crippen LogP contribution in [-0.4, -0.2) is 25.4 Å². The molecule has 0 radical (unpaired) electrons. The Balaban J connectivity index is 1.65. The lowest BCUT2D eigenvalue weighted by Gasteiger charge is -2.20. The van der Waals surface area contributed by atoms with Crippen LogP contribution >= 0.6 is 0 Å². The van der Waals surface area contributed by atoms with Gasteiger partial charge >= 0.3 is 5.97 Å². The predicted octanol–water partition coefficient (Wildman–Crippen LogP) is 5.12. The van der Waals surface area contributed by atoms with Crippen LogP contribution < -0.4 is 10.9 Å². The number of aromatic nitrogens is 3. The summed E-state index contributed by atoms with van der Waals surface area (Å²) in [4.78, 5) is 34.5. The van der Waals surface area contributed by atoms with E-state index in [9.17, 15) is 14.7 Å². The molecular weight excluding hydrogens is 428 g/mol. The van der Waals surface area contributed by atoms with Gasteiger partial charge in [0.1, 0.15) is 5.65 Å². The van der Waals surface area contributed by atoms with Gasteiger partial charge in [0.2, 0.25) is 0 Å². The molecule has 0 aliphatic heterocycles. The van der Waals surface area contributed by atoms with E-state index in [1.165, 1.54) is 0 Å². The van der Waals surface area contributed by atoms with Crippen molar-refractivity contribution in [1.29, 1.82) is 0 Å². The molecule has 7 heteroatoms. The van der Waals surface area contributed by atoms with Crippen molar-refractivity contribution in [1.82, 2.24) is 14.4 Å². The molecule has 2 N–H and O–H groups in total. The first-order valence-electron chi connectivity index (χ1n) is 11.4. The van der Waals surface area contributed by atoms with Crippen LogP contribution in [0.5, 0.6) is 0 Å². The summed E-state index contributed by atoms with van der Waals surface area (Å²) in [5, 5.41) is 12.9. The Morgan fingerprint density at radius 3 is 2.68 bits per heavy atom. The zero-order chi connectivity index (χ0) is 24.0. The number of nitrogens with one attached hydrogen (secondary N) is 1. The van der Waals surface area contributed by atoms with Gasteiger partial charge in [-0.2, -0.15) is 0 Å². The summed E-state index contributed by atoms with van der Waals surface area (Å²) >= 11 is 0. The SMILES string of the molecule is Cc1cc([C@@H](C)Nc2ccccc2C(=O)O)c2nc(-c3ccnc(C4CC4)c3)c(C)c(=O)n2c1. The lowest BCUT2D eigenvalue weighted by atomic mass is 10.0. The highest BCUT2D eigenvalue weighted by Gasteiger charge is 2.26. The molecule has 172 valence electrons. The van der Waals surface area contributed by atoms with Gasteiger partial charge in [-0.15, -0.1) is 0 Å². The Bertz CT molecular complexity index is 1490. The van der Waals surface area contributed by atoms with Crippen LogP contribution in [0, 0.1) is 13.8 Å². The average molecular weight is 455 g/mol. The van der Waals surface area contributed by atoms with Gasteiger partial charge in [-0.25, -0.2) is 9.78 Å². The molecule has 5 rings (SSSR count). The predicted molar refractivity (Wildman–Crippen MR) is 132 cm³/mol. The Hall–Kier alpha value is -4.00. The lowest BCUT2D eigenvalue weighted by Crippen LogP contribution is -2.22. The van der Waals surface area contributed by atoms with E-state index in [-0.39, 0.29) is 17.2 Å². The first kappa shape index (κ1) is 21.8. The highest BCUT2D eigenvalue weighted by Crippen LogP contribution is 2.40. The number of rotatable bonds is 6. The second-order valence-corrected chi connectivity index (χ2v) is 9.02. The van der Waals surface area contributed by atoms with Crippen molar-refractivity contribution >= 4 is 17.3 Å². The van der Waals surface area contributed by atoms with E-state index in [2.05, 4.69) is 10.3 Å². The molecule has 3 aromatic heterocycles. The van der Waals surface area contributed by atoms with Gasteiger partial charge in [-0.3, -0.25) is 14.2 Å². The third kappa shape index (κ3) is 3.94. The summed E-state index contributed by atoms with van der Waals surface area (Å²) in [7, 11) is 0. The van der Waals surface area contributed by atoms with Crippen molar-refractivity contribution in [3.8, 4) is 11.3 Å². The lowest BCUT2D eigenvalue weighted by molar-refractivity contribution is 0.0698. The van der Waals surface area contributed by atoms with Crippen molar-refractivity contribution in [2.45, 2.75) is 45.6 Å². The van der Waals surface area contributed by atoms with Gasteiger partial charge in [-0.1, -0.05) is 12.1 Å². The minimum atomic E-state index is -0.999. The summed E-state index contributed by atoms with van der Waals surface area (Å²) in [6, 6.07) is 12.4. The molecule has 1 fully saturated rings. The number of carboxylic acid groups (broad SMARTS) is 1. The minimum Gasteiger partial charge on any atom is -0.478 e. The van der Waals surface area contributed by atoms with Crippen LogP contribution in [0.3, 0.4) is 0 Å². The Labute approximate surface area is 197 Å². The number of para-hydroxylation sites is 1. The second kappa shape index (κ2) is 8.41. The molecule has 0 unspecified atom stereocenters. The molecule has 1 aliphatic rings. The average Bonchev–Trinajstić information content (AvgIpc) is 3.67. The number of nitrogens with zero attached hydrogens (tertiary/aromatic N) is 3. The smallest absolute Gasteiger partial charge is 0.337 e. The fraction of sp³-hybridized carbons (Fsp3) is 0.259. The first-order valence-corrected chi connectivity index (χ1v) is 11.4. The van der Waals surface area contributed by atoms with Crippen LogP contribution in [-0.2, 0) is 0 Å². The van der Waals surface area contributed by atoms with E-state index in [0.717, 1.165) is 35.2 Å². The van der Waals surface area contributed by atoms with Crippen molar-refractivity contribution in [3.63, 3.8) is 0 Å². The van der Waals surface area contributed by atoms with Crippen LogP contribution in [0.25, 0.3) is 16.9 Å². The summed E-state index contributed by atoms with van der Waals surface area (Å²) in [6.07, 6.45) is 5.88. The summed E-state index contributed by atoms with van der Waals surface area (Å²) in [6.45, 7) is 5.68. The van der Waals surface area contributed by atoms with Gasteiger partial charge in [0.15, 0.2) is 0 Å². The summed E-state index contributed by atoms with van der Waals surface area (Å²) < 4.78 is 1.59. The molecule has 34 heavy (non-hydrogen) atoms. The molecule has 0 spiro atoms. The van der Waals surface area contributed by atoms with Gasteiger partial charge < -0.3 is 10.4 Å². The van der Waals surface area contributed by atoms with Crippen molar-refractivity contribution in [3.05, 3.63) is 93.2 Å². The fourth-order valence-corrected chi connectivity index (χ4v) is 4.40. The number of fused-ring (bicyclic) bond motifs is 1. The Morgan fingerprint density at radius 1 is 1.18 bits per heavy atom. The number of carbonyl (C=O) groups is 1. The Kier molecular flexibility index (Phi) is 5.40. The highest BCUT2D eigenvalue weighted by molar-refractivity contribution is 5.94. The van der Waals surface area contributed by atoms with E-state index in [4.69, 9.17) is 4.98 Å². The number of anilines is 1. The summed E-state index contributed by atoms with van der Waals surface area (Å²) in [5.74, 6) is -0.501. The zero-order valence-corrected chi connectivity index (χ0v) is 19.4. The number of aromatic carboxylic acids is 1. The topological polar surface area (TPSA) is 96.6 Å². The standard InChI is InChI=1S/C27H26N4O3/c1-15-12-21(17(3)29-22-7-5-4-6-20(22)27(33)34)25-30-24(16(2)26(32)31(25)14-15)19-10-11-28-23(13-19)18-8-9-18/h4-7,10-14,17-18,29H,8-9H2,1-3H3,(H,33,34)/t17-/m1/s1. The molecule has 1 atom stereocenters. The van der Waals surface area contributed by atoms with Crippen molar-refractivity contribution < 1.29 is 9.90 Å². The third-order valence-corrected chi connectivity index (χ3v) is 6.36.